The standard InChI is InChI=1S/C13H9BrN4O6/c1-7-4-8(2-3-10(7)14)15-13-11(17(21)22)5-9(16(19)20)6-12(13)18(23)24/h2-6,15H,1H3. The van der Waals surface area contributed by atoms with E-state index in [-0.39, 0.29) is 0 Å². The number of rotatable bonds is 5. The highest BCUT2D eigenvalue weighted by Crippen LogP contribution is 2.40. The highest BCUT2D eigenvalue weighted by atomic mass is 79.9. The summed E-state index contributed by atoms with van der Waals surface area (Å²) in [7, 11) is 0. The number of anilines is 2. The van der Waals surface area contributed by atoms with E-state index in [9.17, 15) is 30.3 Å². The minimum Gasteiger partial charge on any atom is -0.344 e. The predicted molar refractivity (Wildman–Crippen MR) is 88.6 cm³/mol. The number of nitrogens with one attached hydrogen (secondary N) is 1. The summed E-state index contributed by atoms with van der Waals surface area (Å²) in [5, 5.41) is 35.8. The van der Waals surface area contributed by atoms with Gasteiger partial charge in [-0.05, 0) is 30.7 Å². The van der Waals surface area contributed by atoms with E-state index in [1.54, 1.807) is 25.1 Å². The van der Waals surface area contributed by atoms with E-state index in [4.69, 9.17) is 0 Å². The molecule has 2 rings (SSSR count). The molecule has 0 aliphatic rings. The molecule has 0 radical (unpaired) electrons. The molecule has 2 aromatic rings. The number of benzene rings is 2. The van der Waals surface area contributed by atoms with Gasteiger partial charge in [-0.3, -0.25) is 30.3 Å². The smallest absolute Gasteiger partial charge is 0.306 e. The molecule has 0 fully saturated rings. The van der Waals surface area contributed by atoms with Gasteiger partial charge in [-0.2, -0.15) is 0 Å². The summed E-state index contributed by atoms with van der Waals surface area (Å²) >= 11 is 3.30. The molecule has 0 spiro atoms. The molecule has 0 aliphatic heterocycles. The van der Waals surface area contributed by atoms with Gasteiger partial charge < -0.3 is 5.32 Å². The zero-order chi connectivity index (χ0) is 18.0. The molecule has 2 aromatic carbocycles. The molecule has 0 aliphatic carbocycles. The largest absolute Gasteiger partial charge is 0.344 e. The van der Waals surface area contributed by atoms with Gasteiger partial charge in [0.15, 0.2) is 5.69 Å². The van der Waals surface area contributed by atoms with Crippen LogP contribution in [0.15, 0.2) is 34.8 Å². The Labute approximate surface area is 142 Å². The second kappa shape index (κ2) is 6.58. The first-order valence-corrected chi connectivity index (χ1v) is 7.14. The molecule has 10 nitrogen and oxygen atoms in total. The fourth-order valence-electron chi connectivity index (χ4n) is 1.99. The second-order valence-corrected chi connectivity index (χ2v) is 5.57. The zero-order valence-corrected chi connectivity index (χ0v) is 13.6. The summed E-state index contributed by atoms with van der Waals surface area (Å²) in [4.78, 5) is 30.5. The normalized spacial score (nSPS) is 10.2. The number of nitrogens with zero attached hydrogens (tertiary/aromatic N) is 3. The van der Waals surface area contributed by atoms with Crippen molar-refractivity contribution < 1.29 is 14.8 Å². The van der Waals surface area contributed by atoms with Crippen LogP contribution in [0.1, 0.15) is 5.56 Å². The van der Waals surface area contributed by atoms with Crippen LogP contribution in [0.3, 0.4) is 0 Å². The molecule has 0 aromatic heterocycles. The van der Waals surface area contributed by atoms with Gasteiger partial charge in [0.05, 0.1) is 26.9 Å². The average Bonchev–Trinajstić information content (AvgIpc) is 2.50. The highest BCUT2D eigenvalue weighted by Gasteiger charge is 2.30. The van der Waals surface area contributed by atoms with Gasteiger partial charge in [-0.15, -0.1) is 0 Å². The number of nitro groups is 3. The first-order chi connectivity index (χ1) is 11.2. The predicted octanol–water partition coefficient (Wildman–Crippen LogP) is 4.23. The Kier molecular flexibility index (Phi) is 4.74. The van der Waals surface area contributed by atoms with Gasteiger partial charge in [0.25, 0.3) is 5.69 Å². The summed E-state index contributed by atoms with van der Waals surface area (Å²) in [5.74, 6) is 0. The van der Waals surface area contributed by atoms with Gasteiger partial charge in [0.1, 0.15) is 0 Å². The molecule has 11 heteroatoms. The van der Waals surface area contributed by atoms with Crippen LogP contribution in [0.5, 0.6) is 0 Å². The Balaban J connectivity index is 2.65. The van der Waals surface area contributed by atoms with Gasteiger partial charge in [-0.25, -0.2) is 0 Å². The molecule has 24 heavy (non-hydrogen) atoms. The van der Waals surface area contributed by atoms with E-state index >= 15 is 0 Å². The molecule has 0 unspecified atom stereocenters. The van der Waals surface area contributed by atoms with Crippen LogP contribution in [-0.4, -0.2) is 14.8 Å². The molecule has 124 valence electrons. The van der Waals surface area contributed by atoms with Gasteiger partial charge in [-0.1, -0.05) is 15.9 Å². The number of aryl methyl sites for hydroxylation is 1. The second-order valence-electron chi connectivity index (χ2n) is 4.72. The minimum atomic E-state index is -0.923. The quantitative estimate of drug-likeness (QED) is 0.588. The van der Waals surface area contributed by atoms with E-state index in [0.717, 1.165) is 10.0 Å². The lowest BCUT2D eigenvalue weighted by Crippen LogP contribution is -2.03. The summed E-state index contributed by atoms with van der Waals surface area (Å²) < 4.78 is 0.792. The Bertz CT molecular complexity index is 835. The molecule has 0 saturated carbocycles. The van der Waals surface area contributed by atoms with Crippen molar-refractivity contribution in [1.82, 2.24) is 0 Å². The molecular formula is C13H9BrN4O6. The van der Waals surface area contributed by atoms with Crippen molar-refractivity contribution in [1.29, 1.82) is 0 Å². The Hall–Kier alpha value is -3.08. The molecule has 0 saturated heterocycles. The molecule has 0 bridgehead atoms. The number of hydrogen-bond donors (Lipinski definition) is 1. The minimum absolute atomic E-state index is 0.371. The summed E-state index contributed by atoms with van der Waals surface area (Å²) in [5.41, 5.74) is -1.49. The molecule has 0 atom stereocenters. The lowest BCUT2D eigenvalue weighted by molar-refractivity contribution is -0.401. The number of non-ortho nitro benzene ring substituents is 1. The number of nitro benzene ring substituents is 3. The topological polar surface area (TPSA) is 141 Å². The maximum Gasteiger partial charge on any atom is 0.306 e. The Morgan fingerprint density at radius 2 is 1.46 bits per heavy atom. The van der Waals surface area contributed by atoms with E-state index in [2.05, 4.69) is 21.2 Å². The van der Waals surface area contributed by atoms with E-state index in [1.165, 1.54) is 0 Å². The van der Waals surface area contributed by atoms with Crippen LogP contribution in [0.2, 0.25) is 0 Å². The van der Waals surface area contributed by atoms with Gasteiger partial charge in [0, 0.05) is 10.2 Å². The van der Waals surface area contributed by atoms with Crippen molar-refractivity contribution in [3.8, 4) is 0 Å². The first kappa shape index (κ1) is 17.3. The van der Waals surface area contributed by atoms with Crippen LogP contribution >= 0.6 is 15.9 Å². The maximum atomic E-state index is 11.2. The van der Waals surface area contributed by atoms with Crippen molar-refractivity contribution in [2.75, 3.05) is 5.32 Å². The highest BCUT2D eigenvalue weighted by molar-refractivity contribution is 9.10. The maximum absolute atomic E-state index is 11.2. The van der Waals surface area contributed by atoms with E-state index in [0.29, 0.717) is 17.8 Å². The molecule has 0 heterocycles. The average molecular weight is 397 g/mol. The Morgan fingerprint density at radius 1 is 0.917 bits per heavy atom. The zero-order valence-electron chi connectivity index (χ0n) is 12.1. The monoisotopic (exact) mass is 396 g/mol. The fourth-order valence-corrected chi connectivity index (χ4v) is 2.23. The number of hydrogen-bond acceptors (Lipinski definition) is 7. The molecular weight excluding hydrogens is 388 g/mol. The van der Waals surface area contributed by atoms with Crippen molar-refractivity contribution in [3.63, 3.8) is 0 Å². The summed E-state index contributed by atoms with van der Waals surface area (Å²) in [6.07, 6.45) is 0. The third-order valence-electron chi connectivity index (χ3n) is 3.11. The Morgan fingerprint density at radius 3 is 1.88 bits per heavy atom. The van der Waals surface area contributed by atoms with Crippen molar-refractivity contribution in [2.45, 2.75) is 6.92 Å². The lowest BCUT2D eigenvalue weighted by Gasteiger charge is -2.09. The summed E-state index contributed by atoms with van der Waals surface area (Å²) in [6.45, 7) is 1.77. The fraction of sp³-hybridized carbons (Fsp3) is 0.0769. The molecule has 0 amide bonds. The van der Waals surface area contributed by atoms with Crippen LogP contribution in [-0.2, 0) is 0 Å². The van der Waals surface area contributed by atoms with Crippen LogP contribution in [0, 0.1) is 37.3 Å². The van der Waals surface area contributed by atoms with Crippen molar-refractivity contribution >= 4 is 44.4 Å². The van der Waals surface area contributed by atoms with Gasteiger partial charge in [0.2, 0.25) is 0 Å². The first-order valence-electron chi connectivity index (χ1n) is 6.35. The van der Waals surface area contributed by atoms with E-state index in [1.807, 2.05) is 0 Å². The van der Waals surface area contributed by atoms with Crippen LogP contribution < -0.4 is 5.32 Å². The molecule has 1 N–H and O–H groups in total. The summed E-state index contributed by atoms with van der Waals surface area (Å²) in [6, 6.07) is 6.22. The SMILES string of the molecule is Cc1cc(Nc2c([N+](=O)[O-])cc([N+](=O)[O-])cc2[N+](=O)[O-])ccc1Br. The van der Waals surface area contributed by atoms with Gasteiger partial charge >= 0.3 is 11.4 Å². The number of halogens is 1. The lowest BCUT2D eigenvalue weighted by atomic mass is 10.1. The van der Waals surface area contributed by atoms with Crippen LogP contribution in [0.25, 0.3) is 0 Å². The third-order valence-corrected chi connectivity index (χ3v) is 4.00. The van der Waals surface area contributed by atoms with E-state index < -0.39 is 37.5 Å². The third kappa shape index (κ3) is 3.46. The van der Waals surface area contributed by atoms with Crippen LogP contribution in [0.4, 0.5) is 28.4 Å². The van der Waals surface area contributed by atoms with Crippen molar-refractivity contribution in [2.24, 2.45) is 0 Å². The van der Waals surface area contributed by atoms with Crippen molar-refractivity contribution in [3.05, 3.63) is 70.7 Å².